The molecule has 286 valence electrons. The van der Waals surface area contributed by atoms with Gasteiger partial charge in [0.25, 0.3) is 5.91 Å². The summed E-state index contributed by atoms with van der Waals surface area (Å²) in [6.07, 6.45) is 0.239. The van der Waals surface area contributed by atoms with Gasteiger partial charge in [-0.15, -0.1) is 13.2 Å². The summed E-state index contributed by atoms with van der Waals surface area (Å²) in [6.45, 7) is 8.65. The lowest BCUT2D eigenvalue weighted by Crippen LogP contribution is -2.51. The molecule has 2 fully saturated rings. The highest BCUT2D eigenvalue weighted by molar-refractivity contribution is 6.04. The Morgan fingerprint density at radius 1 is 1.00 bits per heavy atom. The Kier molecular flexibility index (Phi) is 11.4. The van der Waals surface area contributed by atoms with Crippen LogP contribution in [0.25, 0.3) is 22.5 Å². The number of ether oxygens (including phenoxy) is 2. The number of amides is 3. The van der Waals surface area contributed by atoms with E-state index >= 15 is 0 Å². The number of likely N-dealkylation sites (tertiary alicyclic amines) is 1. The fraction of sp³-hybridized carbons (Fsp3) is 0.405. The van der Waals surface area contributed by atoms with Crippen LogP contribution in [0.1, 0.15) is 55.8 Å². The van der Waals surface area contributed by atoms with Gasteiger partial charge in [-0.1, -0.05) is 13.8 Å². The van der Waals surface area contributed by atoms with E-state index in [4.69, 9.17) is 4.74 Å². The maximum Gasteiger partial charge on any atom is 0.573 e. The molecule has 2 saturated heterocycles. The highest BCUT2D eigenvalue weighted by Gasteiger charge is 2.38. The van der Waals surface area contributed by atoms with E-state index in [1.165, 1.54) is 31.6 Å². The monoisotopic (exact) mass is 749 g/mol. The first-order chi connectivity index (χ1) is 25.8. The van der Waals surface area contributed by atoms with Crippen LogP contribution in [0.15, 0.2) is 61.1 Å². The number of hydrogen-bond acceptors (Lipinski definition) is 10. The number of piperazine rings is 1. The molecule has 0 spiro atoms. The van der Waals surface area contributed by atoms with Gasteiger partial charge >= 0.3 is 12.5 Å². The molecule has 2 aliphatic rings. The summed E-state index contributed by atoms with van der Waals surface area (Å²) < 4.78 is 49.8. The Balaban J connectivity index is 1.17. The number of imidazole rings is 1. The van der Waals surface area contributed by atoms with Gasteiger partial charge in [0.15, 0.2) is 0 Å². The number of aromatic nitrogens is 4. The van der Waals surface area contributed by atoms with Crippen molar-refractivity contribution in [2.45, 2.75) is 58.1 Å². The zero-order chi connectivity index (χ0) is 38.6. The van der Waals surface area contributed by atoms with Gasteiger partial charge in [-0.2, -0.15) is 0 Å². The van der Waals surface area contributed by atoms with Crippen molar-refractivity contribution < 1.29 is 37.0 Å². The van der Waals surface area contributed by atoms with Crippen molar-refractivity contribution >= 4 is 29.4 Å². The molecule has 4 aromatic rings. The van der Waals surface area contributed by atoms with Crippen molar-refractivity contribution in [1.82, 2.24) is 35.5 Å². The Bertz CT molecular complexity index is 1950. The van der Waals surface area contributed by atoms with Gasteiger partial charge in [0.1, 0.15) is 23.4 Å². The first-order valence-corrected chi connectivity index (χ1v) is 17.6. The van der Waals surface area contributed by atoms with Gasteiger partial charge in [0.05, 0.1) is 36.3 Å². The third-order valence-electron chi connectivity index (χ3n) is 9.46. The number of carbonyl (C=O) groups excluding carboxylic acids is 3. The van der Waals surface area contributed by atoms with E-state index in [1.807, 2.05) is 13.8 Å². The molecule has 0 radical (unpaired) electrons. The number of alkyl carbamates (subject to hydrolysis) is 1. The standard InChI is InChI=1S/C37H42F3N9O5/c1-21(2)32(47-36(52)53-4)35(51)49-14-5-6-29(49)33-44-20-28(46-33)23-7-11-27(42-18-23)26-10-9-25(16-30(26)54-37(38,39)40)45-34(50)24-8-12-31(43-19-24)48-15-13-41-17-22(48)3/h7-12,16,18-22,29,32,41H,5-6,13-15,17H2,1-4H3,(H,44,46)(H,45,50)(H,47,52)/t22-,29+,32+/m1/s1. The van der Waals surface area contributed by atoms with E-state index in [1.54, 1.807) is 35.4 Å². The van der Waals surface area contributed by atoms with Gasteiger partial charge in [0.2, 0.25) is 5.91 Å². The number of methoxy groups -OCH3 is 1. The van der Waals surface area contributed by atoms with Gasteiger partial charge in [-0.05, 0) is 62.1 Å². The maximum atomic E-state index is 13.6. The minimum atomic E-state index is -5.01. The van der Waals surface area contributed by atoms with E-state index in [0.717, 1.165) is 37.9 Å². The SMILES string of the molecule is COC(=O)N[C@H](C(=O)N1CCC[C@H]1c1ncc(-c2ccc(-c3ccc(NC(=O)c4ccc(N5CCNC[C@H]5C)nc4)cc3OC(F)(F)F)nc2)[nH]1)C(C)C. The van der Waals surface area contributed by atoms with Crippen LogP contribution in [0, 0.1) is 5.92 Å². The Morgan fingerprint density at radius 2 is 1.81 bits per heavy atom. The Morgan fingerprint density at radius 3 is 2.48 bits per heavy atom. The maximum absolute atomic E-state index is 13.6. The van der Waals surface area contributed by atoms with E-state index in [0.29, 0.717) is 30.0 Å². The second-order valence-electron chi connectivity index (χ2n) is 13.5. The van der Waals surface area contributed by atoms with Crippen molar-refractivity contribution in [2.75, 3.05) is 43.5 Å². The van der Waals surface area contributed by atoms with Crippen molar-refractivity contribution in [3.63, 3.8) is 0 Å². The summed E-state index contributed by atoms with van der Waals surface area (Å²) in [5, 5.41) is 8.57. The van der Waals surface area contributed by atoms with Gasteiger partial charge in [-0.3, -0.25) is 14.6 Å². The predicted molar refractivity (Wildman–Crippen MR) is 194 cm³/mol. The zero-order valence-electron chi connectivity index (χ0n) is 30.2. The highest BCUT2D eigenvalue weighted by atomic mass is 19.4. The summed E-state index contributed by atoms with van der Waals surface area (Å²) in [6, 6.07) is 9.67. The Labute approximate surface area is 309 Å². The van der Waals surface area contributed by atoms with Crippen molar-refractivity contribution in [1.29, 1.82) is 0 Å². The summed E-state index contributed by atoms with van der Waals surface area (Å²) in [4.78, 5) is 58.9. The summed E-state index contributed by atoms with van der Waals surface area (Å²) in [5.74, 6) is -0.221. The minimum Gasteiger partial charge on any atom is -0.453 e. The second kappa shape index (κ2) is 16.1. The number of rotatable bonds is 10. The van der Waals surface area contributed by atoms with E-state index < -0.39 is 30.2 Å². The lowest BCUT2D eigenvalue weighted by molar-refractivity contribution is -0.274. The third kappa shape index (κ3) is 8.73. The number of H-pyrrole nitrogens is 1. The fourth-order valence-electron chi connectivity index (χ4n) is 6.65. The van der Waals surface area contributed by atoms with Crippen LogP contribution in [-0.2, 0) is 9.53 Å². The first kappa shape index (κ1) is 38.0. The van der Waals surface area contributed by atoms with Crippen LogP contribution < -0.4 is 25.6 Å². The smallest absolute Gasteiger partial charge is 0.453 e. The number of carbonyl (C=O) groups is 3. The number of aromatic amines is 1. The number of hydrogen-bond donors (Lipinski definition) is 4. The summed E-state index contributed by atoms with van der Waals surface area (Å²) >= 11 is 0. The largest absolute Gasteiger partial charge is 0.573 e. The minimum absolute atomic E-state index is 0.0544. The number of alkyl halides is 3. The molecule has 0 bridgehead atoms. The average molecular weight is 750 g/mol. The zero-order valence-corrected chi connectivity index (χ0v) is 30.2. The molecule has 6 rings (SSSR count). The molecule has 5 heterocycles. The normalized spacial score (nSPS) is 18.0. The third-order valence-corrected chi connectivity index (χ3v) is 9.46. The van der Waals surface area contributed by atoms with Gasteiger partial charge < -0.3 is 40.2 Å². The number of nitrogens with zero attached hydrogens (tertiary/aromatic N) is 5. The summed E-state index contributed by atoms with van der Waals surface area (Å²) in [5.41, 5.74) is 1.78. The number of nitrogens with one attached hydrogen (secondary N) is 4. The lowest BCUT2D eigenvalue weighted by Gasteiger charge is -2.34. The Hall–Kier alpha value is -5.71. The number of pyridine rings is 2. The van der Waals surface area contributed by atoms with Crippen molar-refractivity contribution in [3.05, 3.63) is 72.4 Å². The molecule has 54 heavy (non-hydrogen) atoms. The van der Waals surface area contributed by atoms with Crippen LogP contribution in [0.4, 0.5) is 29.5 Å². The van der Waals surface area contributed by atoms with Crippen molar-refractivity contribution in [3.8, 4) is 28.3 Å². The number of benzene rings is 1. The topological polar surface area (TPSA) is 167 Å². The average Bonchev–Trinajstić information content (AvgIpc) is 3.84. The molecule has 17 heteroatoms. The summed E-state index contributed by atoms with van der Waals surface area (Å²) in [7, 11) is 1.24. The molecule has 1 aromatic carbocycles. The van der Waals surface area contributed by atoms with E-state index in [-0.39, 0.29) is 46.4 Å². The molecular formula is C37H42F3N9O5. The molecular weight excluding hydrogens is 707 g/mol. The molecule has 0 unspecified atom stereocenters. The molecule has 14 nitrogen and oxygen atoms in total. The number of anilines is 2. The molecule has 3 aromatic heterocycles. The molecule has 3 amide bonds. The molecule has 3 atom stereocenters. The highest BCUT2D eigenvalue weighted by Crippen LogP contribution is 2.37. The lowest BCUT2D eigenvalue weighted by atomic mass is 10.0. The van der Waals surface area contributed by atoms with Crippen LogP contribution in [0.2, 0.25) is 0 Å². The van der Waals surface area contributed by atoms with Crippen LogP contribution in [-0.4, -0.2) is 94.5 Å². The molecule has 0 saturated carbocycles. The second-order valence-corrected chi connectivity index (χ2v) is 13.5. The van der Waals surface area contributed by atoms with Crippen LogP contribution in [0.3, 0.4) is 0 Å². The van der Waals surface area contributed by atoms with E-state index in [9.17, 15) is 27.6 Å². The molecule has 4 N–H and O–H groups in total. The fourth-order valence-corrected chi connectivity index (χ4v) is 6.65. The van der Waals surface area contributed by atoms with E-state index in [2.05, 4.69) is 52.4 Å². The number of halogens is 3. The van der Waals surface area contributed by atoms with Crippen LogP contribution in [0.5, 0.6) is 5.75 Å². The molecule has 0 aliphatic carbocycles. The van der Waals surface area contributed by atoms with Crippen LogP contribution >= 0.6 is 0 Å². The van der Waals surface area contributed by atoms with Gasteiger partial charge in [-0.25, -0.2) is 14.8 Å². The first-order valence-electron chi connectivity index (χ1n) is 17.6. The molecule has 2 aliphatic heterocycles. The predicted octanol–water partition coefficient (Wildman–Crippen LogP) is 5.53. The quantitative estimate of drug-likeness (QED) is 0.162. The van der Waals surface area contributed by atoms with Gasteiger partial charge in [0, 0.05) is 67.5 Å². The van der Waals surface area contributed by atoms with Crippen molar-refractivity contribution in [2.24, 2.45) is 5.92 Å².